The van der Waals surface area contributed by atoms with Gasteiger partial charge in [0.1, 0.15) is 5.75 Å². The molecule has 21 heavy (non-hydrogen) atoms. The average Bonchev–Trinajstić information content (AvgIpc) is 2.72. The molecule has 1 aliphatic heterocycles. The molecule has 116 valence electrons. The highest BCUT2D eigenvalue weighted by Crippen LogP contribution is 2.26. The van der Waals surface area contributed by atoms with Crippen LogP contribution in [0.5, 0.6) is 5.75 Å². The summed E-state index contributed by atoms with van der Waals surface area (Å²) in [5.74, 6) is 0.433. The molecule has 0 aromatic heterocycles. The number of hydrogen-bond acceptors (Lipinski definition) is 4. The molecule has 7 heteroatoms. The van der Waals surface area contributed by atoms with Crippen LogP contribution >= 0.6 is 15.9 Å². The van der Waals surface area contributed by atoms with E-state index < -0.39 is 15.9 Å². The second kappa shape index (κ2) is 6.36. The summed E-state index contributed by atoms with van der Waals surface area (Å²) in [4.78, 5) is 12.0. The van der Waals surface area contributed by atoms with Crippen molar-refractivity contribution in [3.05, 3.63) is 28.2 Å². The monoisotopic (exact) mass is 375 g/mol. The van der Waals surface area contributed by atoms with E-state index in [-0.39, 0.29) is 23.5 Å². The zero-order chi connectivity index (χ0) is 15.6. The zero-order valence-electron chi connectivity index (χ0n) is 11.9. The number of carbonyl (C=O) groups excluding carboxylic acids is 1. The van der Waals surface area contributed by atoms with Crippen molar-refractivity contribution in [1.29, 1.82) is 0 Å². The molecule has 2 rings (SSSR count). The van der Waals surface area contributed by atoms with Gasteiger partial charge in [0.15, 0.2) is 15.9 Å². The first-order valence-corrected chi connectivity index (χ1v) is 9.32. The minimum atomic E-state index is -3.00. The van der Waals surface area contributed by atoms with Crippen LogP contribution in [0, 0.1) is 6.92 Å². The molecule has 1 aromatic rings. The van der Waals surface area contributed by atoms with Crippen LogP contribution in [-0.4, -0.2) is 38.0 Å². The molecule has 1 fully saturated rings. The van der Waals surface area contributed by atoms with Crippen molar-refractivity contribution in [2.45, 2.75) is 32.4 Å². The first-order valence-electron chi connectivity index (χ1n) is 6.70. The molecular formula is C14H18BrNO4S. The highest BCUT2D eigenvalue weighted by atomic mass is 79.9. The second-order valence-electron chi connectivity index (χ2n) is 5.30. The van der Waals surface area contributed by atoms with Crippen LogP contribution in [0.2, 0.25) is 0 Å². The Morgan fingerprint density at radius 2 is 2.19 bits per heavy atom. The van der Waals surface area contributed by atoms with Gasteiger partial charge in [-0.05, 0) is 53.9 Å². The van der Waals surface area contributed by atoms with E-state index in [4.69, 9.17) is 4.74 Å². The van der Waals surface area contributed by atoms with Crippen LogP contribution in [0.1, 0.15) is 18.9 Å². The maximum Gasteiger partial charge on any atom is 0.261 e. The van der Waals surface area contributed by atoms with Gasteiger partial charge >= 0.3 is 0 Å². The van der Waals surface area contributed by atoms with E-state index in [9.17, 15) is 13.2 Å². The van der Waals surface area contributed by atoms with Crippen LogP contribution in [0.4, 0.5) is 0 Å². The third kappa shape index (κ3) is 4.44. The highest BCUT2D eigenvalue weighted by Gasteiger charge is 2.30. The highest BCUT2D eigenvalue weighted by molar-refractivity contribution is 9.10. The van der Waals surface area contributed by atoms with Gasteiger partial charge in [-0.15, -0.1) is 0 Å². The molecule has 0 spiro atoms. The summed E-state index contributed by atoms with van der Waals surface area (Å²) in [6.07, 6.45) is -0.220. The quantitative estimate of drug-likeness (QED) is 0.870. The summed E-state index contributed by atoms with van der Waals surface area (Å²) >= 11 is 3.39. The summed E-state index contributed by atoms with van der Waals surface area (Å²) in [5.41, 5.74) is 1.09. The van der Waals surface area contributed by atoms with Crippen molar-refractivity contribution in [2.24, 2.45) is 0 Å². The van der Waals surface area contributed by atoms with Crippen molar-refractivity contribution in [3.8, 4) is 5.75 Å². The zero-order valence-corrected chi connectivity index (χ0v) is 14.3. The van der Waals surface area contributed by atoms with Gasteiger partial charge in [-0.1, -0.05) is 6.07 Å². The van der Waals surface area contributed by atoms with E-state index >= 15 is 0 Å². The molecule has 0 bridgehead atoms. The van der Waals surface area contributed by atoms with Gasteiger partial charge in [0.05, 0.1) is 16.0 Å². The number of halogens is 1. The van der Waals surface area contributed by atoms with Gasteiger partial charge in [-0.3, -0.25) is 4.79 Å². The summed E-state index contributed by atoms with van der Waals surface area (Å²) in [7, 11) is -3.00. The van der Waals surface area contributed by atoms with Gasteiger partial charge in [0, 0.05) is 6.04 Å². The second-order valence-corrected chi connectivity index (χ2v) is 8.39. The van der Waals surface area contributed by atoms with Crippen LogP contribution in [0.3, 0.4) is 0 Å². The number of aryl methyl sites for hydroxylation is 1. The van der Waals surface area contributed by atoms with Crippen LogP contribution in [-0.2, 0) is 14.6 Å². The van der Waals surface area contributed by atoms with Gasteiger partial charge in [0.25, 0.3) is 5.91 Å². The largest absolute Gasteiger partial charge is 0.480 e. The normalized spacial score (nSPS) is 21.8. The number of rotatable bonds is 4. The molecule has 5 nitrogen and oxygen atoms in total. The van der Waals surface area contributed by atoms with Gasteiger partial charge in [-0.2, -0.15) is 0 Å². The van der Waals surface area contributed by atoms with Crippen molar-refractivity contribution < 1.29 is 17.9 Å². The van der Waals surface area contributed by atoms with Crippen molar-refractivity contribution in [1.82, 2.24) is 5.32 Å². The summed E-state index contributed by atoms with van der Waals surface area (Å²) in [6, 6.07) is 5.29. The number of sulfone groups is 1. The maximum atomic E-state index is 12.0. The lowest BCUT2D eigenvalue weighted by Crippen LogP contribution is -2.43. The predicted molar refractivity (Wildman–Crippen MR) is 84.2 cm³/mol. The van der Waals surface area contributed by atoms with Gasteiger partial charge < -0.3 is 10.1 Å². The molecule has 0 saturated carbocycles. The molecule has 1 N–H and O–H groups in total. The van der Waals surface area contributed by atoms with E-state index in [1.807, 2.05) is 19.1 Å². The van der Waals surface area contributed by atoms with Crippen LogP contribution in [0.25, 0.3) is 0 Å². The van der Waals surface area contributed by atoms with Crippen molar-refractivity contribution in [3.63, 3.8) is 0 Å². The lowest BCUT2D eigenvalue weighted by molar-refractivity contribution is -0.127. The van der Waals surface area contributed by atoms with E-state index in [0.717, 1.165) is 10.0 Å². The summed E-state index contributed by atoms with van der Waals surface area (Å²) in [5, 5.41) is 2.73. The fourth-order valence-electron chi connectivity index (χ4n) is 2.17. The SMILES string of the molecule is Cc1ccc(O[C@H](C)C(=O)N[C@H]2CCS(=O)(=O)C2)c(Br)c1. The number of ether oxygens (including phenoxy) is 1. The van der Waals surface area contributed by atoms with Crippen molar-refractivity contribution >= 4 is 31.7 Å². The Morgan fingerprint density at radius 3 is 2.76 bits per heavy atom. The van der Waals surface area contributed by atoms with Crippen LogP contribution in [0.15, 0.2) is 22.7 Å². The number of nitrogens with one attached hydrogen (secondary N) is 1. The molecule has 1 aromatic carbocycles. The summed E-state index contributed by atoms with van der Waals surface area (Å²) in [6.45, 7) is 3.61. The molecule has 0 radical (unpaired) electrons. The number of benzene rings is 1. The molecule has 1 aliphatic rings. The van der Waals surface area contributed by atoms with E-state index in [0.29, 0.717) is 12.2 Å². The Hall–Kier alpha value is -1.08. The Morgan fingerprint density at radius 1 is 1.48 bits per heavy atom. The fraction of sp³-hybridized carbons (Fsp3) is 0.500. The van der Waals surface area contributed by atoms with Gasteiger partial charge in [-0.25, -0.2) is 8.42 Å². The van der Waals surface area contributed by atoms with Crippen LogP contribution < -0.4 is 10.1 Å². The smallest absolute Gasteiger partial charge is 0.261 e. The molecular weight excluding hydrogens is 358 g/mol. The first kappa shape index (κ1) is 16.3. The van der Waals surface area contributed by atoms with E-state index in [2.05, 4.69) is 21.2 Å². The predicted octanol–water partition coefficient (Wildman–Crippen LogP) is 1.83. The lowest BCUT2D eigenvalue weighted by atomic mass is 10.2. The molecule has 0 aliphatic carbocycles. The Kier molecular flexibility index (Phi) is 4.93. The molecule has 0 unspecified atom stereocenters. The van der Waals surface area contributed by atoms with Gasteiger partial charge in [0.2, 0.25) is 0 Å². The topological polar surface area (TPSA) is 72.5 Å². The minimum absolute atomic E-state index is 0.0136. The molecule has 2 atom stereocenters. The number of carbonyl (C=O) groups is 1. The first-order chi connectivity index (χ1) is 9.77. The molecule has 1 saturated heterocycles. The Bertz CT molecular complexity index is 644. The third-order valence-electron chi connectivity index (χ3n) is 3.34. The maximum absolute atomic E-state index is 12.0. The lowest BCUT2D eigenvalue weighted by Gasteiger charge is -2.18. The number of hydrogen-bond donors (Lipinski definition) is 1. The van der Waals surface area contributed by atoms with E-state index in [1.54, 1.807) is 13.0 Å². The molecule has 1 amide bonds. The summed E-state index contributed by atoms with van der Waals surface area (Å²) < 4.78 is 29.1. The van der Waals surface area contributed by atoms with E-state index in [1.165, 1.54) is 0 Å². The van der Waals surface area contributed by atoms with Crippen molar-refractivity contribution in [2.75, 3.05) is 11.5 Å². The standard InChI is InChI=1S/C14H18BrNO4S/c1-9-3-4-13(12(15)7-9)20-10(2)14(17)16-11-5-6-21(18,19)8-11/h3-4,7,10-11H,5-6,8H2,1-2H3,(H,16,17)/t10-,11+/m1/s1. The Labute approximate surface area is 133 Å². The minimum Gasteiger partial charge on any atom is -0.480 e. The molecule has 1 heterocycles. The Balaban J connectivity index is 1.94. The fourth-order valence-corrected chi connectivity index (χ4v) is 4.43. The number of amides is 1. The third-order valence-corrected chi connectivity index (χ3v) is 5.73. The average molecular weight is 376 g/mol.